The number of likely N-dealkylation sites (tertiary alicyclic amines) is 1. The Labute approximate surface area is 304 Å². The van der Waals surface area contributed by atoms with E-state index in [1.807, 2.05) is 49.4 Å². The third-order valence-electron chi connectivity index (χ3n) is 8.77. The molecule has 0 saturated carbocycles. The number of imide groups is 1. The normalized spacial score (nSPS) is 16.0. The van der Waals surface area contributed by atoms with Gasteiger partial charge >= 0.3 is 12.1 Å². The Morgan fingerprint density at radius 1 is 0.846 bits per heavy atom. The Balaban J connectivity index is 1.38. The fourth-order valence-corrected chi connectivity index (χ4v) is 5.98. The van der Waals surface area contributed by atoms with Gasteiger partial charge in [-0.3, -0.25) is 19.4 Å². The summed E-state index contributed by atoms with van der Waals surface area (Å²) in [7, 11) is 3.14. The topological polar surface area (TPSA) is 125 Å². The minimum Gasteiger partial charge on any atom is -0.497 e. The molecule has 11 heteroatoms. The Morgan fingerprint density at radius 2 is 1.46 bits per heavy atom. The van der Waals surface area contributed by atoms with Gasteiger partial charge in [-0.05, 0) is 91.8 Å². The van der Waals surface area contributed by atoms with Crippen LogP contribution in [0.1, 0.15) is 62.3 Å². The Morgan fingerprint density at radius 3 is 2.06 bits per heavy atom. The quantitative estimate of drug-likeness (QED) is 0.108. The van der Waals surface area contributed by atoms with E-state index in [4.69, 9.17) is 18.9 Å². The minimum atomic E-state index is -1.13. The molecule has 11 nitrogen and oxygen atoms in total. The van der Waals surface area contributed by atoms with Crippen LogP contribution in [0.4, 0.5) is 10.6 Å². The van der Waals surface area contributed by atoms with E-state index in [1.54, 1.807) is 89.7 Å². The summed E-state index contributed by atoms with van der Waals surface area (Å²) >= 11 is 0. The third kappa shape index (κ3) is 9.34. The first-order valence-corrected chi connectivity index (χ1v) is 17.2. The molecule has 2 heterocycles. The first kappa shape index (κ1) is 37.5. The SMILES string of the molecule is COc1ccc(COC(=O)[C@@H]2[C@@H](Cc3ccnc(N(Cc4ccc(OC)cc4)C(=O)OC(C)(C)C)c3)C(=O)N2C(=O)C[C@H](C)c2ccccc2)cc1. The number of hydrogen-bond acceptors (Lipinski definition) is 9. The molecule has 3 amide bonds. The molecule has 3 atom stereocenters. The fraction of sp³-hybridized carbons (Fsp3) is 0.341. The first-order chi connectivity index (χ1) is 24.9. The van der Waals surface area contributed by atoms with Gasteiger partial charge in [0, 0.05) is 12.6 Å². The molecular formula is C41H45N3O8. The van der Waals surface area contributed by atoms with Gasteiger partial charge < -0.3 is 18.9 Å². The molecule has 0 aliphatic carbocycles. The highest BCUT2D eigenvalue weighted by atomic mass is 16.6. The summed E-state index contributed by atoms with van der Waals surface area (Å²) in [5, 5.41) is 0. The molecule has 3 aromatic carbocycles. The number of esters is 1. The zero-order valence-corrected chi connectivity index (χ0v) is 30.4. The largest absolute Gasteiger partial charge is 0.497 e. The second kappa shape index (κ2) is 16.5. The number of carbonyl (C=O) groups is 4. The van der Waals surface area contributed by atoms with Gasteiger partial charge in [0.05, 0.1) is 26.7 Å². The second-order valence-electron chi connectivity index (χ2n) is 13.8. The van der Waals surface area contributed by atoms with Crippen LogP contribution >= 0.6 is 0 Å². The average Bonchev–Trinajstić information content (AvgIpc) is 3.14. The monoisotopic (exact) mass is 707 g/mol. The van der Waals surface area contributed by atoms with E-state index in [1.165, 1.54) is 4.90 Å². The van der Waals surface area contributed by atoms with Crippen LogP contribution in [-0.4, -0.2) is 59.6 Å². The van der Waals surface area contributed by atoms with Gasteiger partial charge in [-0.2, -0.15) is 0 Å². The van der Waals surface area contributed by atoms with Crippen LogP contribution in [0.15, 0.2) is 97.2 Å². The first-order valence-electron chi connectivity index (χ1n) is 17.2. The van der Waals surface area contributed by atoms with Gasteiger partial charge in [0.15, 0.2) is 0 Å². The highest BCUT2D eigenvalue weighted by Gasteiger charge is 2.55. The number of pyridine rings is 1. The van der Waals surface area contributed by atoms with Crippen molar-refractivity contribution in [3.63, 3.8) is 0 Å². The molecule has 0 unspecified atom stereocenters. The van der Waals surface area contributed by atoms with Crippen LogP contribution in [-0.2, 0) is 43.4 Å². The molecule has 272 valence electrons. The van der Waals surface area contributed by atoms with Crippen molar-refractivity contribution < 1.29 is 38.1 Å². The van der Waals surface area contributed by atoms with E-state index >= 15 is 0 Å². The van der Waals surface area contributed by atoms with Crippen molar-refractivity contribution in [2.24, 2.45) is 5.92 Å². The van der Waals surface area contributed by atoms with Gasteiger partial charge in [0.1, 0.15) is 35.6 Å². The van der Waals surface area contributed by atoms with Gasteiger partial charge in [0.2, 0.25) is 11.8 Å². The average molecular weight is 708 g/mol. The number of ether oxygens (including phenoxy) is 4. The Bertz CT molecular complexity index is 1860. The van der Waals surface area contributed by atoms with Gasteiger partial charge in [-0.1, -0.05) is 61.5 Å². The number of rotatable bonds is 13. The minimum absolute atomic E-state index is 0.0420. The van der Waals surface area contributed by atoms with Crippen molar-refractivity contribution in [2.75, 3.05) is 19.1 Å². The number of amides is 3. The second-order valence-corrected chi connectivity index (χ2v) is 13.8. The molecule has 1 saturated heterocycles. The van der Waals surface area contributed by atoms with Crippen molar-refractivity contribution in [1.82, 2.24) is 9.88 Å². The van der Waals surface area contributed by atoms with E-state index in [-0.39, 0.29) is 31.9 Å². The molecule has 1 aromatic heterocycles. The van der Waals surface area contributed by atoms with Crippen molar-refractivity contribution in [3.05, 3.63) is 119 Å². The zero-order valence-electron chi connectivity index (χ0n) is 30.4. The Hall–Kier alpha value is -5.71. The Kier molecular flexibility index (Phi) is 11.9. The number of β-lactam (4-membered cyclic amide) rings is 1. The summed E-state index contributed by atoms with van der Waals surface area (Å²) in [5.41, 5.74) is 2.37. The highest BCUT2D eigenvalue weighted by Crippen LogP contribution is 2.34. The molecule has 0 bridgehead atoms. The van der Waals surface area contributed by atoms with Crippen LogP contribution in [0, 0.1) is 5.92 Å². The summed E-state index contributed by atoms with van der Waals surface area (Å²) in [6.45, 7) is 7.36. The van der Waals surface area contributed by atoms with Gasteiger partial charge in [-0.15, -0.1) is 0 Å². The number of anilines is 1. The molecule has 5 rings (SSSR count). The van der Waals surface area contributed by atoms with Crippen LogP contribution in [0.5, 0.6) is 11.5 Å². The molecule has 52 heavy (non-hydrogen) atoms. The molecule has 1 fully saturated rings. The van der Waals surface area contributed by atoms with Gasteiger partial charge in [-0.25, -0.2) is 14.6 Å². The summed E-state index contributed by atoms with van der Waals surface area (Å²) in [4.78, 5) is 61.5. The predicted octanol–water partition coefficient (Wildman–Crippen LogP) is 6.87. The molecule has 0 spiro atoms. The van der Waals surface area contributed by atoms with Crippen LogP contribution < -0.4 is 14.4 Å². The van der Waals surface area contributed by atoms with Crippen molar-refractivity contribution in [1.29, 1.82) is 0 Å². The van der Waals surface area contributed by atoms with Crippen LogP contribution in [0.3, 0.4) is 0 Å². The zero-order chi connectivity index (χ0) is 37.4. The number of hydrogen-bond donors (Lipinski definition) is 0. The number of nitrogens with zero attached hydrogens (tertiary/aromatic N) is 3. The number of methoxy groups -OCH3 is 2. The van der Waals surface area contributed by atoms with Crippen LogP contribution in [0.2, 0.25) is 0 Å². The fourth-order valence-electron chi connectivity index (χ4n) is 5.98. The smallest absolute Gasteiger partial charge is 0.416 e. The lowest BCUT2D eigenvalue weighted by molar-refractivity contribution is -0.180. The standard InChI is InChI=1S/C41H45N3O8/c1-27(31-10-8-7-9-11-31)22-36(45)44-37(39(47)51-26-29-14-18-33(50-6)19-15-29)34(38(44)46)23-30-20-21-42-35(24-30)43(40(48)52-41(2,3)4)25-28-12-16-32(49-5)17-13-28/h7-21,24,27,34,37H,22-23,25-26H2,1-6H3/t27-,34+,37-/m0/s1. The van der Waals surface area contributed by atoms with Gasteiger partial charge in [0.25, 0.3) is 0 Å². The van der Waals surface area contributed by atoms with Crippen molar-refractivity contribution >= 4 is 29.7 Å². The molecule has 1 aliphatic heterocycles. The van der Waals surface area contributed by atoms with E-state index in [0.717, 1.165) is 21.6 Å². The summed E-state index contributed by atoms with van der Waals surface area (Å²) in [6, 6.07) is 26.2. The predicted molar refractivity (Wildman–Crippen MR) is 195 cm³/mol. The molecule has 0 N–H and O–H groups in total. The lowest BCUT2D eigenvalue weighted by atomic mass is 9.81. The van der Waals surface area contributed by atoms with E-state index in [2.05, 4.69) is 4.98 Å². The lowest BCUT2D eigenvalue weighted by Crippen LogP contribution is -2.67. The van der Waals surface area contributed by atoms with E-state index in [0.29, 0.717) is 22.9 Å². The summed E-state index contributed by atoms with van der Waals surface area (Å²) in [5.74, 6) is -0.989. The van der Waals surface area contributed by atoms with Crippen molar-refractivity contribution in [2.45, 2.75) is 71.2 Å². The third-order valence-corrected chi connectivity index (χ3v) is 8.77. The van der Waals surface area contributed by atoms with E-state index < -0.39 is 41.4 Å². The summed E-state index contributed by atoms with van der Waals surface area (Å²) < 4.78 is 21.9. The number of benzene rings is 3. The number of carbonyl (C=O) groups excluding carboxylic acids is 4. The summed E-state index contributed by atoms with van der Waals surface area (Å²) in [6.07, 6.45) is 1.09. The maximum absolute atomic E-state index is 13.7. The maximum Gasteiger partial charge on any atom is 0.416 e. The van der Waals surface area contributed by atoms with Crippen LogP contribution in [0.25, 0.3) is 0 Å². The molecule has 4 aromatic rings. The molecular weight excluding hydrogens is 662 g/mol. The number of aromatic nitrogens is 1. The van der Waals surface area contributed by atoms with Crippen molar-refractivity contribution in [3.8, 4) is 11.5 Å². The van der Waals surface area contributed by atoms with E-state index in [9.17, 15) is 19.2 Å². The maximum atomic E-state index is 13.7. The molecule has 0 radical (unpaired) electrons. The molecule has 1 aliphatic rings. The lowest BCUT2D eigenvalue weighted by Gasteiger charge is -2.44. The highest BCUT2D eigenvalue weighted by molar-refractivity contribution is 6.08.